The van der Waals surface area contributed by atoms with Gasteiger partial charge in [-0.2, -0.15) is 0 Å². The molecule has 0 atom stereocenters. The molecule has 0 unspecified atom stereocenters. The van der Waals surface area contributed by atoms with E-state index in [-0.39, 0.29) is 18.0 Å². The van der Waals surface area contributed by atoms with Crippen LogP contribution in [0, 0.1) is 6.92 Å². The van der Waals surface area contributed by atoms with Crippen LogP contribution in [0.15, 0.2) is 39.7 Å². The fourth-order valence-electron chi connectivity index (χ4n) is 1.84. The van der Waals surface area contributed by atoms with Crippen LogP contribution in [0.5, 0.6) is 0 Å². The van der Waals surface area contributed by atoms with Crippen molar-refractivity contribution in [2.75, 3.05) is 11.1 Å². The van der Waals surface area contributed by atoms with Crippen LogP contribution < -0.4 is 16.6 Å². The van der Waals surface area contributed by atoms with Gasteiger partial charge in [-0.3, -0.25) is 9.59 Å². The van der Waals surface area contributed by atoms with Crippen molar-refractivity contribution in [2.45, 2.75) is 13.5 Å². The zero-order chi connectivity index (χ0) is 15.6. The van der Waals surface area contributed by atoms with Gasteiger partial charge in [0.2, 0.25) is 5.91 Å². The molecule has 0 fully saturated rings. The molecule has 0 saturated carbocycles. The molecule has 21 heavy (non-hydrogen) atoms. The van der Waals surface area contributed by atoms with Crippen molar-refractivity contribution in [3.8, 4) is 0 Å². The molecule has 0 saturated heterocycles. The number of carbonyl (C=O) groups is 1. The van der Waals surface area contributed by atoms with E-state index in [1.165, 1.54) is 4.57 Å². The number of halogens is 2. The fraction of sp³-hybridized carbons (Fsp3) is 0.143. The van der Waals surface area contributed by atoms with Crippen molar-refractivity contribution in [1.82, 2.24) is 4.57 Å². The van der Waals surface area contributed by atoms with E-state index >= 15 is 0 Å². The molecule has 110 valence electrons. The number of benzene rings is 1. The molecule has 7 heteroatoms. The van der Waals surface area contributed by atoms with E-state index in [2.05, 4.69) is 21.2 Å². The van der Waals surface area contributed by atoms with Crippen LogP contribution in [0.4, 0.5) is 11.4 Å². The van der Waals surface area contributed by atoms with E-state index in [4.69, 9.17) is 17.3 Å². The highest BCUT2D eigenvalue weighted by molar-refractivity contribution is 9.10. The van der Waals surface area contributed by atoms with Gasteiger partial charge in [-0.25, -0.2) is 0 Å². The lowest BCUT2D eigenvalue weighted by Gasteiger charge is -2.10. The first-order valence-corrected chi connectivity index (χ1v) is 7.25. The van der Waals surface area contributed by atoms with Crippen molar-refractivity contribution in [3.05, 3.63) is 55.9 Å². The van der Waals surface area contributed by atoms with Gasteiger partial charge in [0.1, 0.15) is 6.54 Å². The van der Waals surface area contributed by atoms with E-state index in [1.807, 2.05) is 0 Å². The van der Waals surface area contributed by atoms with Crippen molar-refractivity contribution in [1.29, 1.82) is 0 Å². The van der Waals surface area contributed by atoms with Crippen LogP contribution >= 0.6 is 27.5 Å². The van der Waals surface area contributed by atoms with E-state index in [9.17, 15) is 9.59 Å². The number of aromatic nitrogens is 1. The lowest BCUT2D eigenvalue weighted by atomic mass is 10.2. The lowest BCUT2D eigenvalue weighted by Crippen LogP contribution is -2.28. The number of nitrogens with one attached hydrogen (secondary N) is 1. The second kappa shape index (κ2) is 6.32. The number of anilines is 2. The smallest absolute Gasteiger partial charge is 0.253 e. The number of nitrogens with zero attached hydrogens (tertiary/aromatic N) is 1. The molecule has 1 aromatic carbocycles. The Balaban J connectivity index is 2.19. The Bertz CT molecular complexity index is 758. The normalized spacial score (nSPS) is 10.4. The maximum absolute atomic E-state index is 12.0. The third-order valence-corrected chi connectivity index (χ3v) is 3.50. The number of hydrogen-bond acceptors (Lipinski definition) is 3. The summed E-state index contributed by atoms with van der Waals surface area (Å²) in [7, 11) is 0. The zero-order valence-corrected chi connectivity index (χ0v) is 13.5. The molecule has 2 rings (SSSR count). The number of nitrogen functional groups attached to an aromatic ring is 1. The summed E-state index contributed by atoms with van der Waals surface area (Å²) in [5.41, 5.74) is 6.93. The van der Waals surface area contributed by atoms with Gasteiger partial charge in [0.05, 0.1) is 11.4 Å². The molecular weight excluding hydrogens is 358 g/mol. The summed E-state index contributed by atoms with van der Waals surface area (Å²) in [5, 5.41) is 3.11. The van der Waals surface area contributed by atoms with Crippen LogP contribution in [0.2, 0.25) is 5.02 Å². The molecule has 1 heterocycles. The molecule has 0 radical (unpaired) electrons. The molecule has 3 N–H and O–H groups in total. The molecule has 2 aromatic rings. The minimum atomic E-state index is -0.358. The topological polar surface area (TPSA) is 77.1 Å². The Morgan fingerprint density at radius 3 is 2.86 bits per heavy atom. The summed E-state index contributed by atoms with van der Waals surface area (Å²) in [5.74, 6) is -0.358. The summed E-state index contributed by atoms with van der Waals surface area (Å²) < 4.78 is 2.06. The molecule has 0 aliphatic carbocycles. The number of pyridine rings is 1. The van der Waals surface area contributed by atoms with Crippen LogP contribution in [-0.4, -0.2) is 10.5 Å². The average molecular weight is 371 g/mol. The number of amides is 1. The van der Waals surface area contributed by atoms with Gasteiger partial charge in [-0.05, 0) is 47.1 Å². The number of rotatable bonds is 3. The van der Waals surface area contributed by atoms with Gasteiger partial charge >= 0.3 is 0 Å². The molecule has 0 spiro atoms. The fourth-order valence-corrected chi connectivity index (χ4v) is 2.60. The van der Waals surface area contributed by atoms with Crippen molar-refractivity contribution < 1.29 is 4.79 Å². The number of nitrogens with two attached hydrogens (primary N) is 1. The monoisotopic (exact) mass is 369 g/mol. The number of aryl methyl sites for hydroxylation is 1. The highest BCUT2D eigenvalue weighted by atomic mass is 79.9. The summed E-state index contributed by atoms with van der Waals surface area (Å²) in [6.45, 7) is 1.58. The maximum atomic E-state index is 12.0. The third kappa shape index (κ3) is 3.86. The summed E-state index contributed by atoms with van der Waals surface area (Å²) >= 11 is 9.16. The molecule has 0 aliphatic heterocycles. The Hall–Kier alpha value is -1.79. The van der Waals surface area contributed by atoms with E-state index in [0.717, 1.165) is 4.47 Å². The van der Waals surface area contributed by atoms with E-state index in [0.29, 0.717) is 22.0 Å². The van der Waals surface area contributed by atoms with Gasteiger partial charge in [0, 0.05) is 21.3 Å². The average Bonchev–Trinajstić information content (AvgIpc) is 2.39. The molecule has 1 amide bonds. The van der Waals surface area contributed by atoms with Gasteiger partial charge in [-0.1, -0.05) is 11.6 Å². The van der Waals surface area contributed by atoms with Gasteiger partial charge in [-0.15, -0.1) is 0 Å². The summed E-state index contributed by atoms with van der Waals surface area (Å²) in [4.78, 5) is 24.0. The van der Waals surface area contributed by atoms with Crippen molar-refractivity contribution >= 4 is 44.8 Å². The SMILES string of the molecule is Cc1cc(Br)cn(CC(=O)Nc2cc(Cl)ccc2N)c1=O. The summed E-state index contributed by atoms with van der Waals surface area (Å²) in [6.07, 6.45) is 1.57. The van der Waals surface area contributed by atoms with E-state index in [1.54, 1.807) is 37.4 Å². The minimum Gasteiger partial charge on any atom is -0.397 e. The molecular formula is C14H13BrClN3O2. The first-order valence-electron chi connectivity index (χ1n) is 6.08. The third-order valence-electron chi connectivity index (χ3n) is 2.84. The highest BCUT2D eigenvalue weighted by Gasteiger charge is 2.09. The molecule has 0 bridgehead atoms. The minimum absolute atomic E-state index is 0.106. The Kier molecular flexibility index (Phi) is 4.69. The second-order valence-electron chi connectivity index (χ2n) is 4.55. The van der Waals surface area contributed by atoms with Crippen molar-refractivity contribution in [3.63, 3.8) is 0 Å². The number of carbonyl (C=O) groups excluding carboxylic acids is 1. The number of hydrogen-bond donors (Lipinski definition) is 2. The Labute approximate surface area is 134 Å². The molecule has 0 aliphatic rings. The van der Waals surface area contributed by atoms with Crippen LogP contribution in [-0.2, 0) is 11.3 Å². The molecule has 1 aromatic heterocycles. The Morgan fingerprint density at radius 1 is 1.43 bits per heavy atom. The van der Waals surface area contributed by atoms with Crippen molar-refractivity contribution in [2.24, 2.45) is 0 Å². The zero-order valence-electron chi connectivity index (χ0n) is 11.2. The van der Waals surface area contributed by atoms with Gasteiger partial charge in [0.25, 0.3) is 5.56 Å². The second-order valence-corrected chi connectivity index (χ2v) is 5.91. The molecule has 5 nitrogen and oxygen atoms in total. The predicted octanol–water partition coefficient (Wildman–Crippen LogP) is 2.79. The van der Waals surface area contributed by atoms with Crippen LogP contribution in [0.3, 0.4) is 0 Å². The summed E-state index contributed by atoms with van der Waals surface area (Å²) in [6, 6.07) is 6.50. The van der Waals surface area contributed by atoms with Gasteiger partial charge in [0.15, 0.2) is 0 Å². The standard InChI is InChI=1S/C14H13BrClN3O2/c1-8-4-9(15)6-19(14(8)21)7-13(20)18-12-5-10(16)2-3-11(12)17/h2-6H,7,17H2,1H3,(H,18,20). The maximum Gasteiger partial charge on any atom is 0.253 e. The first kappa shape index (κ1) is 15.6. The predicted molar refractivity (Wildman–Crippen MR) is 87.6 cm³/mol. The largest absolute Gasteiger partial charge is 0.397 e. The van der Waals surface area contributed by atoms with Crippen LogP contribution in [0.25, 0.3) is 0 Å². The van der Waals surface area contributed by atoms with Crippen LogP contribution in [0.1, 0.15) is 5.56 Å². The highest BCUT2D eigenvalue weighted by Crippen LogP contribution is 2.22. The quantitative estimate of drug-likeness (QED) is 0.816. The Morgan fingerprint density at radius 2 is 2.14 bits per heavy atom. The van der Waals surface area contributed by atoms with Gasteiger partial charge < -0.3 is 15.6 Å². The lowest BCUT2D eigenvalue weighted by molar-refractivity contribution is -0.116. The first-order chi connectivity index (χ1) is 9.86. The van der Waals surface area contributed by atoms with E-state index < -0.39 is 0 Å².